The lowest BCUT2D eigenvalue weighted by atomic mass is 10.1. The monoisotopic (exact) mass is 428 g/mol. The Hall–Kier alpha value is -0.900. The van der Waals surface area contributed by atoms with Gasteiger partial charge in [0, 0.05) is 18.6 Å². The highest BCUT2D eigenvalue weighted by Crippen LogP contribution is 2.34. The fraction of sp³-hybridized carbons (Fsp3) is 0.765. The topological polar surface area (TPSA) is 165 Å². The number of aliphatic hydroxyl groups is 2. The van der Waals surface area contributed by atoms with E-state index in [0.29, 0.717) is 24.8 Å². The van der Waals surface area contributed by atoms with E-state index in [9.17, 15) is 14.7 Å². The summed E-state index contributed by atoms with van der Waals surface area (Å²) in [5, 5.41) is 21.1. The second-order valence-electron chi connectivity index (χ2n) is 7.01. The van der Waals surface area contributed by atoms with Gasteiger partial charge in [-0.1, -0.05) is 31.8 Å². The van der Waals surface area contributed by atoms with Gasteiger partial charge in [-0.05, 0) is 24.7 Å². The third kappa shape index (κ3) is 12.2. The molecule has 2 fully saturated rings. The van der Waals surface area contributed by atoms with Crippen molar-refractivity contribution in [3.8, 4) is 0 Å². The van der Waals surface area contributed by atoms with Crippen LogP contribution in [0.5, 0.6) is 0 Å². The summed E-state index contributed by atoms with van der Waals surface area (Å²) in [6.07, 6.45) is 5.44. The Bertz CT molecular complexity index is 462. The van der Waals surface area contributed by atoms with Gasteiger partial charge in [-0.3, -0.25) is 9.59 Å². The highest BCUT2D eigenvalue weighted by Gasteiger charge is 2.30. The summed E-state index contributed by atoms with van der Waals surface area (Å²) in [5.74, 6) is 0.0991. The lowest BCUT2D eigenvalue weighted by molar-refractivity contribution is -0.130. The van der Waals surface area contributed by atoms with Gasteiger partial charge >= 0.3 is 0 Å². The van der Waals surface area contributed by atoms with E-state index in [0.717, 1.165) is 6.42 Å². The SMILES string of the molecule is C=CCNC(=O)C(O)C(N)CC1CC1.Cl.Cl.NC(=O)C(O)C(N)CC1CC1. The molecule has 9 N–H and O–H groups in total. The molecule has 0 aromatic heterocycles. The molecule has 0 bridgehead atoms. The summed E-state index contributed by atoms with van der Waals surface area (Å²) >= 11 is 0. The van der Waals surface area contributed by atoms with Gasteiger partial charge in [-0.25, -0.2) is 0 Å². The predicted molar refractivity (Wildman–Crippen MR) is 110 cm³/mol. The van der Waals surface area contributed by atoms with Crippen LogP contribution in [0, 0.1) is 11.8 Å². The molecule has 2 saturated carbocycles. The summed E-state index contributed by atoms with van der Waals surface area (Å²) < 4.78 is 0. The van der Waals surface area contributed by atoms with Crippen LogP contribution in [0.2, 0.25) is 0 Å². The Morgan fingerprint density at radius 3 is 1.74 bits per heavy atom. The molecule has 0 aromatic carbocycles. The molecule has 4 atom stereocenters. The molecule has 0 heterocycles. The van der Waals surface area contributed by atoms with Crippen molar-refractivity contribution in [2.24, 2.45) is 29.0 Å². The fourth-order valence-electron chi connectivity index (χ4n) is 2.42. The van der Waals surface area contributed by atoms with Crippen molar-refractivity contribution in [2.45, 2.75) is 62.8 Å². The van der Waals surface area contributed by atoms with Crippen molar-refractivity contribution in [3.63, 3.8) is 0 Å². The van der Waals surface area contributed by atoms with Crippen molar-refractivity contribution in [3.05, 3.63) is 12.7 Å². The highest BCUT2D eigenvalue weighted by molar-refractivity contribution is 5.85. The number of primary amides is 1. The third-order valence-corrected chi connectivity index (χ3v) is 4.40. The van der Waals surface area contributed by atoms with Crippen LogP contribution in [-0.2, 0) is 9.59 Å². The van der Waals surface area contributed by atoms with E-state index in [1.54, 1.807) is 6.08 Å². The van der Waals surface area contributed by atoms with Crippen molar-refractivity contribution in [1.82, 2.24) is 5.32 Å². The van der Waals surface area contributed by atoms with Crippen LogP contribution in [-0.4, -0.2) is 52.9 Å². The Labute approximate surface area is 173 Å². The van der Waals surface area contributed by atoms with E-state index in [4.69, 9.17) is 22.3 Å². The van der Waals surface area contributed by atoms with Gasteiger partial charge in [0.1, 0.15) is 12.2 Å². The minimum Gasteiger partial charge on any atom is -0.382 e. The van der Waals surface area contributed by atoms with Crippen molar-refractivity contribution in [2.75, 3.05) is 6.54 Å². The molecule has 2 aliphatic rings. The molecule has 0 aromatic rings. The molecule has 0 spiro atoms. The van der Waals surface area contributed by atoms with Gasteiger partial charge in [0.05, 0.1) is 0 Å². The number of hydrogen-bond donors (Lipinski definition) is 6. The number of halogens is 2. The zero-order chi connectivity index (χ0) is 19.0. The summed E-state index contributed by atoms with van der Waals surface area (Å²) in [6.45, 7) is 3.83. The number of rotatable bonds is 10. The second-order valence-corrected chi connectivity index (χ2v) is 7.01. The molecular weight excluding hydrogens is 395 g/mol. The quantitative estimate of drug-likeness (QED) is 0.258. The maximum atomic E-state index is 11.3. The lowest BCUT2D eigenvalue weighted by Crippen LogP contribution is -2.46. The van der Waals surface area contributed by atoms with Crippen LogP contribution in [0.25, 0.3) is 0 Å². The van der Waals surface area contributed by atoms with Crippen molar-refractivity contribution >= 4 is 36.6 Å². The van der Waals surface area contributed by atoms with Crippen LogP contribution >= 0.6 is 24.8 Å². The molecule has 2 aliphatic carbocycles. The molecule has 0 radical (unpaired) electrons. The van der Waals surface area contributed by atoms with E-state index in [1.807, 2.05) is 0 Å². The minimum atomic E-state index is -1.17. The maximum Gasteiger partial charge on any atom is 0.250 e. The smallest absolute Gasteiger partial charge is 0.250 e. The van der Waals surface area contributed by atoms with Gasteiger partial charge in [-0.15, -0.1) is 31.4 Å². The van der Waals surface area contributed by atoms with E-state index >= 15 is 0 Å². The van der Waals surface area contributed by atoms with E-state index in [-0.39, 0.29) is 24.8 Å². The first-order chi connectivity index (χ1) is 11.8. The van der Waals surface area contributed by atoms with Gasteiger partial charge in [0.15, 0.2) is 0 Å². The zero-order valence-corrected chi connectivity index (χ0v) is 17.1. The number of amides is 2. The maximum absolute atomic E-state index is 11.3. The first kappa shape index (κ1) is 28.3. The molecule has 0 saturated heterocycles. The molecule has 2 rings (SSSR count). The van der Waals surface area contributed by atoms with Crippen molar-refractivity contribution < 1.29 is 19.8 Å². The Morgan fingerprint density at radius 1 is 1.00 bits per heavy atom. The van der Waals surface area contributed by atoms with Crippen LogP contribution in [0.1, 0.15) is 38.5 Å². The first-order valence-electron chi connectivity index (χ1n) is 8.81. The summed E-state index contributed by atoms with van der Waals surface area (Å²) in [6, 6.07) is -0.910. The van der Waals surface area contributed by atoms with Crippen LogP contribution in [0.3, 0.4) is 0 Å². The third-order valence-electron chi connectivity index (χ3n) is 4.40. The van der Waals surface area contributed by atoms with Crippen LogP contribution in [0.15, 0.2) is 12.7 Å². The largest absolute Gasteiger partial charge is 0.382 e. The lowest BCUT2D eigenvalue weighted by Gasteiger charge is -2.17. The molecule has 4 unspecified atom stereocenters. The number of carbonyl (C=O) groups excluding carboxylic acids is 2. The number of hydrogen-bond acceptors (Lipinski definition) is 6. The second kappa shape index (κ2) is 14.1. The normalized spacial score (nSPS) is 19.6. The van der Waals surface area contributed by atoms with Crippen LogP contribution in [0.4, 0.5) is 0 Å². The van der Waals surface area contributed by atoms with Gasteiger partial charge in [0.2, 0.25) is 5.91 Å². The summed E-state index contributed by atoms with van der Waals surface area (Å²) in [5.41, 5.74) is 16.1. The van der Waals surface area contributed by atoms with Gasteiger partial charge < -0.3 is 32.7 Å². The van der Waals surface area contributed by atoms with Gasteiger partial charge in [-0.2, -0.15) is 0 Å². The minimum absolute atomic E-state index is 0. The predicted octanol–water partition coefficient (Wildman–Crippen LogP) is -0.419. The summed E-state index contributed by atoms with van der Waals surface area (Å²) in [4.78, 5) is 21.7. The Morgan fingerprint density at radius 2 is 1.41 bits per heavy atom. The van der Waals surface area contributed by atoms with Crippen LogP contribution < -0.4 is 22.5 Å². The number of aliphatic hydroxyl groups excluding tert-OH is 2. The molecule has 2 amide bonds. The standard InChI is InChI=1S/C10H18N2O2.C7H14N2O2.2ClH/c1-2-5-12-10(14)9(13)8(11)6-7-3-4-7;8-5(3-4-1-2-4)6(10)7(9)11;;/h2,7-9,13H,1,3-6,11H2,(H,12,14);4-6,10H,1-3,8H2,(H2,9,11);2*1H. The Balaban J connectivity index is 0. The average Bonchev–Trinajstić information content (AvgIpc) is 3.48. The van der Waals surface area contributed by atoms with E-state index in [1.165, 1.54) is 25.7 Å². The average molecular weight is 429 g/mol. The molecule has 27 heavy (non-hydrogen) atoms. The number of nitrogens with two attached hydrogens (primary N) is 3. The van der Waals surface area contributed by atoms with E-state index < -0.39 is 36.1 Å². The van der Waals surface area contributed by atoms with Crippen molar-refractivity contribution in [1.29, 1.82) is 0 Å². The molecular formula is C17H34Cl2N4O4. The Kier molecular flexibility index (Phi) is 14.8. The fourth-order valence-corrected chi connectivity index (χ4v) is 2.42. The number of carbonyl (C=O) groups is 2. The molecule has 160 valence electrons. The zero-order valence-electron chi connectivity index (χ0n) is 15.5. The number of nitrogens with one attached hydrogen (secondary N) is 1. The molecule has 8 nitrogen and oxygen atoms in total. The van der Waals surface area contributed by atoms with E-state index in [2.05, 4.69) is 11.9 Å². The highest BCUT2D eigenvalue weighted by atomic mass is 35.5. The molecule has 10 heteroatoms. The molecule has 0 aliphatic heterocycles. The first-order valence-corrected chi connectivity index (χ1v) is 8.81. The van der Waals surface area contributed by atoms with Gasteiger partial charge in [0.25, 0.3) is 5.91 Å². The summed E-state index contributed by atoms with van der Waals surface area (Å²) in [7, 11) is 0.